The van der Waals surface area contributed by atoms with Crippen LogP contribution in [0.3, 0.4) is 0 Å². The van der Waals surface area contributed by atoms with Crippen LogP contribution in [0, 0.1) is 5.92 Å². The number of fused-ring (bicyclic) bond motifs is 1. The summed E-state index contributed by atoms with van der Waals surface area (Å²) in [6.07, 6.45) is 5.50. The van der Waals surface area contributed by atoms with Crippen molar-refractivity contribution in [1.82, 2.24) is 10.3 Å². The van der Waals surface area contributed by atoms with E-state index in [0.29, 0.717) is 5.92 Å². The van der Waals surface area contributed by atoms with E-state index in [9.17, 15) is 4.79 Å². The Morgan fingerprint density at radius 2 is 1.75 bits per heavy atom. The Labute approximate surface area is 167 Å². The summed E-state index contributed by atoms with van der Waals surface area (Å²) < 4.78 is 0. The number of carbonyl (C=O) groups is 1. The molecule has 0 unspecified atom stereocenters. The van der Waals surface area contributed by atoms with Gasteiger partial charge in [-0.15, -0.1) is 0 Å². The molecular weight excluding hydrogens is 344 g/mol. The predicted molar refractivity (Wildman–Crippen MR) is 115 cm³/mol. The predicted octanol–water partition coefficient (Wildman–Crippen LogP) is 5.77. The van der Waals surface area contributed by atoms with Gasteiger partial charge < -0.3 is 5.32 Å². The van der Waals surface area contributed by atoms with E-state index < -0.39 is 0 Å². The molecule has 1 fully saturated rings. The number of rotatable bonds is 4. The van der Waals surface area contributed by atoms with Crippen LogP contribution < -0.4 is 5.32 Å². The standard InChI is InChI=1S/C25H28N2O/c1-3-19-23(25(28)27-21-15-9-7-11-17(21)2)20-14-8-10-16-22(20)26-24(19)18-12-5-4-6-13-18/h4-6,8,10,12-14,16-17,21H,3,7,9,11,15H2,1-2H3,(H,27,28)/t17-,21-/m1/s1. The van der Waals surface area contributed by atoms with Gasteiger partial charge in [0.15, 0.2) is 0 Å². The third-order valence-electron chi connectivity index (χ3n) is 6.05. The highest BCUT2D eigenvalue weighted by Gasteiger charge is 2.26. The second kappa shape index (κ2) is 8.14. The molecule has 1 amide bonds. The quantitative estimate of drug-likeness (QED) is 0.631. The minimum Gasteiger partial charge on any atom is -0.349 e. The summed E-state index contributed by atoms with van der Waals surface area (Å²) in [5.74, 6) is 0.579. The van der Waals surface area contributed by atoms with E-state index in [-0.39, 0.29) is 11.9 Å². The van der Waals surface area contributed by atoms with Crippen molar-refractivity contribution in [3.63, 3.8) is 0 Å². The van der Waals surface area contributed by atoms with Gasteiger partial charge in [0.25, 0.3) is 5.91 Å². The second-order valence-electron chi connectivity index (χ2n) is 7.89. The maximum atomic E-state index is 13.5. The van der Waals surface area contributed by atoms with Crippen molar-refractivity contribution in [2.45, 2.75) is 52.0 Å². The first-order valence-electron chi connectivity index (χ1n) is 10.5. The molecule has 0 aliphatic heterocycles. The number of pyridine rings is 1. The third-order valence-corrected chi connectivity index (χ3v) is 6.05. The summed E-state index contributed by atoms with van der Waals surface area (Å²) in [5, 5.41) is 4.31. The van der Waals surface area contributed by atoms with Gasteiger partial charge in [-0.2, -0.15) is 0 Å². The van der Waals surface area contributed by atoms with Gasteiger partial charge in [0.2, 0.25) is 0 Å². The molecule has 0 saturated heterocycles. The molecule has 1 aliphatic carbocycles. The van der Waals surface area contributed by atoms with Crippen molar-refractivity contribution in [1.29, 1.82) is 0 Å². The summed E-state index contributed by atoms with van der Waals surface area (Å²) in [6, 6.07) is 18.5. The van der Waals surface area contributed by atoms with E-state index in [0.717, 1.165) is 46.1 Å². The molecule has 2 aromatic carbocycles. The number of nitrogens with one attached hydrogen (secondary N) is 1. The van der Waals surface area contributed by atoms with Crippen molar-refractivity contribution in [3.05, 3.63) is 65.7 Å². The van der Waals surface area contributed by atoms with Crippen molar-refractivity contribution >= 4 is 16.8 Å². The van der Waals surface area contributed by atoms with Crippen LogP contribution in [0.2, 0.25) is 0 Å². The number of hydrogen-bond donors (Lipinski definition) is 1. The Bertz CT molecular complexity index is 981. The highest BCUT2D eigenvalue weighted by molar-refractivity contribution is 6.09. The summed E-state index contributed by atoms with van der Waals surface area (Å²) in [5.41, 5.74) is 4.69. The molecule has 1 N–H and O–H groups in total. The first-order chi connectivity index (χ1) is 13.7. The molecular formula is C25H28N2O. The van der Waals surface area contributed by atoms with Gasteiger partial charge in [0.05, 0.1) is 16.8 Å². The fourth-order valence-electron chi connectivity index (χ4n) is 4.46. The number of carbonyl (C=O) groups excluding carboxylic acids is 1. The summed E-state index contributed by atoms with van der Waals surface area (Å²) in [6.45, 7) is 4.36. The summed E-state index contributed by atoms with van der Waals surface area (Å²) in [4.78, 5) is 18.4. The molecule has 1 aliphatic rings. The van der Waals surface area contributed by atoms with E-state index in [2.05, 4.69) is 31.3 Å². The fourth-order valence-corrected chi connectivity index (χ4v) is 4.46. The molecule has 28 heavy (non-hydrogen) atoms. The minimum atomic E-state index is 0.0476. The van der Waals surface area contributed by atoms with Crippen molar-refractivity contribution < 1.29 is 4.79 Å². The van der Waals surface area contributed by atoms with E-state index >= 15 is 0 Å². The lowest BCUT2D eigenvalue weighted by Gasteiger charge is -2.30. The van der Waals surface area contributed by atoms with Crippen LogP contribution in [0.4, 0.5) is 0 Å². The van der Waals surface area contributed by atoms with E-state index in [1.165, 1.54) is 19.3 Å². The van der Waals surface area contributed by atoms with E-state index in [1.54, 1.807) is 0 Å². The van der Waals surface area contributed by atoms with Crippen LogP contribution in [0.15, 0.2) is 54.6 Å². The smallest absolute Gasteiger partial charge is 0.252 e. The molecule has 0 bridgehead atoms. The lowest BCUT2D eigenvalue weighted by atomic mass is 9.85. The summed E-state index contributed by atoms with van der Waals surface area (Å²) in [7, 11) is 0. The zero-order valence-corrected chi connectivity index (χ0v) is 16.7. The molecule has 1 saturated carbocycles. The number of nitrogens with zero attached hydrogens (tertiary/aromatic N) is 1. The SMILES string of the molecule is CCc1c(-c2ccccc2)nc2ccccc2c1C(=O)N[C@@H]1CCCC[C@H]1C. The zero-order valence-electron chi connectivity index (χ0n) is 16.7. The zero-order chi connectivity index (χ0) is 19.5. The fraction of sp³-hybridized carbons (Fsp3) is 0.360. The average molecular weight is 373 g/mol. The molecule has 4 rings (SSSR count). The van der Waals surface area contributed by atoms with Crippen molar-refractivity contribution in [2.24, 2.45) is 5.92 Å². The highest BCUT2D eigenvalue weighted by atomic mass is 16.1. The largest absolute Gasteiger partial charge is 0.349 e. The molecule has 0 radical (unpaired) electrons. The van der Waals surface area contributed by atoms with Gasteiger partial charge in [0.1, 0.15) is 0 Å². The van der Waals surface area contributed by atoms with Gasteiger partial charge in [0, 0.05) is 17.0 Å². The number of hydrogen-bond acceptors (Lipinski definition) is 2. The third kappa shape index (κ3) is 3.54. The molecule has 0 spiro atoms. The van der Waals surface area contributed by atoms with Gasteiger partial charge in [-0.25, -0.2) is 4.98 Å². The first-order valence-corrected chi connectivity index (χ1v) is 10.5. The normalized spacial score (nSPS) is 19.5. The van der Waals surface area contributed by atoms with E-state index in [4.69, 9.17) is 4.98 Å². The molecule has 144 valence electrons. The lowest BCUT2D eigenvalue weighted by molar-refractivity contribution is 0.0911. The van der Waals surface area contributed by atoms with Crippen LogP contribution in [-0.4, -0.2) is 16.9 Å². The van der Waals surface area contributed by atoms with Crippen LogP contribution in [0.5, 0.6) is 0 Å². The molecule has 3 nitrogen and oxygen atoms in total. The lowest BCUT2D eigenvalue weighted by Crippen LogP contribution is -2.41. The Morgan fingerprint density at radius 3 is 2.50 bits per heavy atom. The number of amides is 1. The molecule has 3 heteroatoms. The van der Waals surface area contributed by atoms with Gasteiger partial charge in [-0.1, -0.05) is 75.2 Å². The summed E-state index contributed by atoms with van der Waals surface area (Å²) >= 11 is 0. The molecule has 1 heterocycles. The Hall–Kier alpha value is -2.68. The average Bonchev–Trinajstić information content (AvgIpc) is 2.74. The van der Waals surface area contributed by atoms with Crippen LogP contribution >= 0.6 is 0 Å². The maximum Gasteiger partial charge on any atom is 0.252 e. The van der Waals surface area contributed by atoms with Crippen molar-refractivity contribution in [3.8, 4) is 11.3 Å². The van der Waals surface area contributed by atoms with Crippen molar-refractivity contribution in [2.75, 3.05) is 0 Å². The van der Waals surface area contributed by atoms with Gasteiger partial charge in [-0.3, -0.25) is 4.79 Å². The van der Waals surface area contributed by atoms with Gasteiger partial charge >= 0.3 is 0 Å². The van der Waals surface area contributed by atoms with Crippen LogP contribution in [-0.2, 0) is 6.42 Å². The number of benzene rings is 2. The van der Waals surface area contributed by atoms with Crippen LogP contribution in [0.25, 0.3) is 22.2 Å². The Kier molecular flexibility index (Phi) is 5.43. The molecule has 3 aromatic rings. The second-order valence-corrected chi connectivity index (χ2v) is 7.89. The highest BCUT2D eigenvalue weighted by Crippen LogP contribution is 2.31. The number of para-hydroxylation sites is 1. The monoisotopic (exact) mass is 372 g/mol. The molecule has 1 aromatic heterocycles. The Morgan fingerprint density at radius 1 is 1.04 bits per heavy atom. The first kappa shape index (κ1) is 18.7. The number of aromatic nitrogens is 1. The topological polar surface area (TPSA) is 42.0 Å². The Balaban J connectivity index is 1.84. The van der Waals surface area contributed by atoms with Crippen LogP contribution in [0.1, 0.15) is 55.5 Å². The minimum absolute atomic E-state index is 0.0476. The maximum absolute atomic E-state index is 13.5. The molecule has 2 atom stereocenters. The van der Waals surface area contributed by atoms with E-state index in [1.807, 2.05) is 42.5 Å². The van der Waals surface area contributed by atoms with Gasteiger partial charge in [-0.05, 0) is 36.8 Å².